The van der Waals surface area contributed by atoms with Gasteiger partial charge in [0.2, 0.25) is 0 Å². The van der Waals surface area contributed by atoms with Gasteiger partial charge in [-0.15, -0.1) is 0 Å². The molecule has 0 N–H and O–H groups in total. The Balaban J connectivity index is 4.11. The first-order valence-electron chi connectivity index (χ1n) is 5.39. The summed E-state index contributed by atoms with van der Waals surface area (Å²) >= 11 is 0. The molecule has 1 nitrogen and oxygen atoms in total. The van der Waals surface area contributed by atoms with Crippen LogP contribution in [-0.2, 0) is 4.79 Å². The summed E-state index contributed by atoms with van der Waals surface area (Å²) in [6.45, 7) is 10.1. The molecule has 0 rings (SSSR count). The van der Waals surface area contributed by atoms with Gasteiger partial charge >= 0.3 is 0 Å². The van der Waals surface area contributed by atoms with Gasteiger partial charge in [-0.25, -0.2) is 0 Å². The minimum Gasteiger partial charge on any atom is -0.295 e. The molecule has 84 valence electrons. The molecule has 0 radical (unpaired) electrons. The lowest BCUT2D eigenvalue weighted by Gasteiger charge is -2.00. The monoisotopic (exact) mass is 206 g/mol. The first-order chi connectivity index (χ1) is 6.93. The maximum absolute atomic E-state index is 10.7. The normalized spacial score (nSPS) is 11.9. The van der Waals surface area contributed by atoms with E-state index in [9.17, 15) is 4.79 Å². The molecule has 0 aliphatic heterocycles. The number of allylic oxidation sites excluding steroid dienone is 6. The van der Waals surface area contributed by atoms with Crippen LogP contribution in [0.3, 0.4) is 0 Å². The summed E-state index contributed by atoms with van der Waals surface area (Å²) in [7, 11) is 0. The van der Waals surface area contributed by atoms with Gasteiger partial charge in [0.15, 0.2) is 5.78 Å². The van der Waals surface area contributed by atoms with Crippen LogP contribution in [0, 0.1) is 0 Å². The highest BCUT2D eigenvalue weighted by atomic mass is 16.1. The Hall–Kier alpha value is -1.11. The van der Waals surface area contributed by atoms with Crippen molar-refractivity contribution >= 4 is 5.78 Å². The van der Waals surface area contributed by atoms with Crippen molar-refractivity contribution in [3.05, 3.63) is 34.9 Å². The SMILES string of the molecule is CC(=O)C=CCC(C)=CCC(C)=C(C)C. The molecule has 0 fully saturated rings. The van der Waals surface area contributed by atoms with Crippen molar-refractivity contribution < 1.29 is 4.79 Å². The quantitative estimate of drug-likeness (QED) is 0.486. The minimum absolute atomic E-state index is 0.114. The minimum atomic E-state index is 0.114. The zero-order valence-corrected chi connectivity index (χ0v) is 10.6. The van der Waals surface area contributed by atoms with Crippen molar-refractivity contribution in [2.45, 2.75) is 47.5 Å². The number of rotatable bonds is 5. The van der Waals surface area contributed by atoms with Crippen LogP contribution in [-0.4, -0.2) is 5.78 Å². The second-order valence-electron chi connectivity index (χ2n) is 4.25. The molecule has 0 bridgehead atoms. The molecule has 0 atom stereocenters. The molecule has 0 aromatic carbocycles. The van der Waals surface area contributed by atoms with Gasteiger partial charge in [0, 0.05) is 0 Å². The van der Waals surface area contributed by atoms with E-state index in [0.717, 1.165) is 12.8 Å². The molecule has 0 aliphatic carbocycles. The van der Waals surface area contributed by atoms with E-state index in [-0.39, 0.29) is 5.78 Å². The zero-order valence-electron chi connectivity index (χ0n) is 10.6. The maximum Gasteiger partial charge on any atom is 0.152 e. The third-order valence-corrected chi connectivity index (χ3v) is 2.40. The van der Waals surface area contributed by atoms with Crippen LogP contribution in [0.1, 0.15) is 47.5 Å². The largest absolute Gasteiger partial charge is 0.295 e. The summed E-state index contributed by atoms with van der Waals surface area (Å²) in [4.78, 5) is 10.7. The predicted molar refractivity (Wildman–Crippen MR) is 66.9 cm³/mol. The molecular formula is C14H22O. The Labute approximate surface area is 93.6 Å². The van der Waals surface area contributed by atoms with Crippen LogP contribution in [0.25, 0.3) is 0 Å². The van der Waals surface area contributed by atoms with Crippen LogP contribution in [0.15, 0.2) is 34.9 Å². The fraction of sp³-hybridized carbons (Fsp3) is 0.500. The van der Waals surface area contributed by atoms with Crippen molar-refractivity contribution in [1.82, 2.24) is 0 Å². The first kappa shape index (κ1) is 13.9. The average molecular weight is 206 g/mol. The summed E-state index contributed by atoms with van der Waals surface area (Å²) in [5, 5.41) is 0. The summed E-state index contributed by atoms with van der Waals surface area (Å²) in [5.41, 5.74) is 4.12. The Bertz CT molecular complexity index is 299. The number of ketones is 1. The Morgan fingerprint density at radius 3 is 2.07 bits per heavy atom. The second kappa shape index (κ2) is 7.22. The van der Waals surface area contributed by atoms with Crippen molar-refractivity contribution in [2.24, 2.45) is 0 Å². The van der Waals surface area contributed by atoms with Crippen molar-refractivity contribution in [3.8, 4) is 0 Å². The second-order valence-corrected chi connectivity index (χ2v) is 4.25. The van der Waals surface area contributed by atoms with Gasteiger partial charge in [0.25, 0.3) is 0 Å². The number of hydrogen-bond acceptors (Lipinski definition) is 1. The molecule has 0 spiro atoms. The predicted octanol–water partition coefficient (Wildman–Crippen LogP) is 4.21. The molecule has 0 saturated heterocycles. The summed E-state index contributed by atoms with van der Waals surface area (Å²) in [6, 6.07) is 0. The van der Waals surface area contributed by atoms with Gasteiger partial charge in [-0.3, -0.25) is 4.79 Å². The first-order valence-corrected chi connectivity index (χ1v) is 5.39. The Morgan fingerprint density at radius 1 is 1.00 bits per heavy atom. The van der Waals surface area contributed by atoms with Crippen LogP contribution in [0.5, 0.6) is 0 Å². The van der Waals surface area contributed by atoms with E-state index in [1.54, 1.807) is 13.0 Å². The lowest BCUT2D eigenvalue weighted by atomic mass is 10.1. The van der Waals surface area contributed by atoms with Gasteiger partial charge in [0.1, 0.15) is 0 Å². The zero-order chi connectivity index (χ0) is 11.8. The van der Waals surface area contributed by atoms with E-state index in [4.69, 9.17) is 0 Å². The number of hydrogen-bond donors (Lipinski definition) is 0. The highest BCUT2D eigenvalue weighted by Crippen LogP contribution is 2.11. The van der Waals surface area contributed by atoms with Crippen LogP contribution in [0.2, 0.25) is 0 Å². The summed E-state index contributed by atoms with van der Waals surface area (Å²) in [5.74, 6) is 0.114. The maximum atomic E-state index is 10.7. The van der Waals surface area contributed by atoms with E-state index in [0.29, 0.717) is 0 Å². The highest BCUT2D eigenvalue weighted by molar-refractivity contribution is 5.87. The fourth-order valence-electron chi connectivity index (χ4n) is 1.03. The number of carbonyl (C=O) groups is 1. The molecule has 0 heterocycles. The molecule has 0 aliphatic rings. The van der Waals surface area contributed by atoms with E-state index in [1.807, 2.05) is 6.08 Å². The van der Waals surface area contributed by atoms with E-state index < -0.39 is 0 Å². The topological polar surface area (TPSA) is 17.1 Å². The fourth-order valence-corrected chi connectivity index (χ4v) is 1.03. The standard InChI is InChI=1S/C14H22O/c1-11(2)13(4)10-9-12(3)7-6-8-14(5)15/h6,8-9H,7,10H2,1-5H3. The lowest BCUT2D eigenvalue weighted by Crippen LogP contribution is -1.82. The van der Waals surface area contributed by atoms with Gasteiger partial charge in [0.05, 0.1) is 0 Å². The summed E-state index contributed by atoms with van der Waals surface area (Å²) < 4.78 is 0. The van der Waals surface area contributed by atoms with Gasteiger partial charge < -0.3 is 0 Å². The van der Waals surface area contributed by atoms with E-state index in [1.165, 1.54) is 16.7 Å². The third kappa shape index (κ3) is 7.92. The molecular weight excluding hydrogens is 184 g/mol. The molecule has 1 heteroatoms. The third-order valence-electron chi connectivity index (χ3n) is 2.40. The van der Waals surface area contributed by atoms with Crippen LogP contribution < -0.4 is 0 Å². The molecule has 0 saturated carbocycles. The van der Waals surface area contributed by atoms with Gasteiger partial charge in [-0.1, -0.05) is 28.9 Å². The Kier molecular flexibility index (Phi) is 6.68. The molecule has 0 amide bonds. The Morgan fingerprint density at radius 2 is 1.60 bits per heavy atom. The molecule has 0 aromatic rings. The van der Waals surface area contributed by atoms with E-state index in [2.05, 4.69) is 33.8 Å². The smallest absolute Gasteiger partial charge is 0.152 e. The van der Waals surface area contributed by atoms with Crippen molar-refractivity contribution in [2.75, 3.05) is 0 Å². The lowest BCUT2D eigenvalue weighted by molar-refractivity contribution is -0.112. The highest BCUT2D eigenvalue weighted by Gasteiger charge is 1.91. The van der Waals surface area contributed by atoms with Crippen LogP contribution >= 0.6 is 0 Å². The van der Waals surface area contributed by atoms with Crippen LogP contribution in [0.4, 0.5) is 0 Å². The summed E-state index contributed by atoms with van der Waals surface area (Å²) in [6.07, 6.45) is 7.67. The average Bonchev–Trinajstić information content (AvgIpc) is 2.13. The molecule has 0 unspecified atom stereocenters. The molecule has 15 heavy (non-hydrogen) atoms. The van der Waals surface area contributed by atoms with Crippen molar-refractivity contribution in [1.29, 1.82) is 0 Å². The molecule has 0 aromatic heterocycles. The van der Waals surface area contributed by atoms with Gasteiger partial charge in [-0.05, 0) is 53.5 Å². The van der Waals surface area contributed by atoms with Gasteiger partial charge in [-0.2, -0.15) is 0 Å². The van der Waals surface area contributed by atoms with E-state index >= 15 is 0 Å². The van der Waals surface area contributed by atoms with Crippen molar-refractivity contribution in [3.63, 3.8) is 0 Å². The number of carbonyl (C=O) groups excluding carboxylic acids is 1.